The maximum atomic E-state index is 12.6. The number of carbonyl (C=O) groups excluding carboxylic acids is 1. The molecule has 0 unspecified atom stereocenters. The van der Waals surface area contributed by atoms with Gasteiger partial charge in [-0.2, -0.15) is 18.4 Å². The van der Waals surface area contributed by atoms with Crippen LogP contribution in [0.2, 0.25) is 0 Å². The number of ether oxygens (including phenoxy) is 2. The molecule has 3 aromatic rings. The zero-order valence-electron chi connectivity index (χ0n) is 23.0. The molecule has 1 N–H and O–H groups in total. The molecule has 6 nitrogen and oxygen atoms in total. The first-order chi connectivity index (χ1) is 19.7. The van der Waals surface area contributed by atoms with E-state index in [-0.39, 0.29) is 17.8 Å². The molecular formula is C32H34F3N3O3. The molecule has 1 heterocycles. The van der Waals surface area contributed by atoms with Crippen molar-refractivity contribution in [1.29, 1.82) is 5.26 Å². The van der Waals surface area contributed by atoms with Gasteiger partial charge in [-0.1, -0.05) is 42.5 Å². The van der Waals surface area contributed by atoms with E-state index in [2.05, 4.69) is 22.4 Å². The SMILES string of the molecule is C[C@H](Cc1cc(C#N)c2c(c1)CCN2CCCOC(=O)c1ccccc1)NCCc1ccccc1OCC(F)(F)F. The van der Waals surface area contributed by atoms with Crippen LogP contribution in [0.4, 0.5) is 18.9 Å². The zero-order valence-corrected chi connectivity index (χ0v) is 23.0. The van der Waals surface area contributed by atoms with Crippen LogP contribution in [0, 0.1) is 11.3 Å². The summed E-state index contributed by atoms with van der Waals surface area (Å²) in [7, 11) is 0. The lowest BCUT2D eigenvalue weighted by molar-refractivity contribution is -0.153. The van der Waals surface area contributed by atoms with E-state index in [0.717, 1.165) is 35.3 Å². The van der Waals surface area contributed by atoms with Gasteiger partial charge in [0.05, 0.1) is 23.4 Å². The van der Waals surface area contributed by atoms with Crippen molar-refractivity contribution >= 4 is 11.7 Å². The van der Waals surface area contributed by atoms with E-state index in [1.165, 1.54) is 0 Å². The van der Waals surface area contributed by atoms with Gasteiger partial charge in [-0.05, 0) is 80.1 Å². The Hall–Kier alpha value is -4.03. The Morgan fingerprint density at radius 3 is 2.63 bits per heavy atom. The number of hydrogen-bond donors (Lipinski definition) is 1. The topological polar surface area (TPSA) is 74.6 Å². The maximum Gasteiger partial charge on any atom is 0.422 e. The lowest BCUT2D eigenvalue weighted by Gasteiger charge is -2.21. The van der Waals surface area contributed by atoms with Crippen LogP contribution in [0.3, 0.4) is 0 Å². The number of benzene rings is 3. The fraction of sp³-hybridized carbons (Fsp3) is 0.375. The third-order valence-corrected chi connectivity index (χ3v) is 6.94. The van der Waals surface area contributed by atoms with E-state index < -0.39 is 12.8 Å². The summed E-state index contributed by atoms with van der Waals surface area (Å²) in [6.45, 7) is 3.12. The lowest BCUT2D eigenvalue weighted by atomic mass is 9.99. The molecule has 9 heteroatoms. The summed E-state index contributed by atoms with van der Waals surface area (Å²) in [6.07, 6.45) is -1.63. The van der Waals surface area contributed by atoms with Crippen LogP contribution in [0.25, 0.3) is 0 Å². The molecule has 0 spiro atoms. The van der Waals surface area contributed by atoms with Crippen molar-refractivity contribution in [3.63, 3.8) is 0 Å². The fourth-order valence-electron chi connectivity index (χ4n) is 5.09. The summed E-state index contributed by atoms with van der Waals surface area (Å²) >= 11 is 0. The minimum absolute atomic E-state index is 0.0969. The zero-order chi connectivity index (χ0) is 29.2. The average Bonchev–Trinajstić information content (AvgIpc) is 3.37. The summed E-state index contributed by atoms with van der Waals surface area (Å²) in [5.41, 5.74) is 5.05. The first kappa shape index (κ1) is 29.9. The Morgan fingerprint density at radius 2 is 1.88 bits per heavy atom. The van der Waals surface area contributed by atoms with Gasteiger partial charge in [0.15, 0.2) is 6.61 Å². The minimum atomic E-state index is -4.38. The van der Waals surface area contributed by atoms with Gasteiger partial charge in [-0.3, -0.25) is 0 Å². The van der Waals surface area contributed by atoms with E-state index in [1.54, 1.807) is 48.5 Å². The number of nitrogens with one attached hydrogen (secondary N) is 1. The normalized spacial score (nSPS) is 13.4. The van der Waals surface area contributed by atoms with E-state index in [1.807, 2.05) is 19.1 Å². The highest BCUT2D eigenvalue weighted by molar-refractivity contribution is 5.89. The summed E-state index contributed by atoms with van der Waals surface area (Å²) in [4.78, 5) is 14.3. The van der Waals surface area contributed by atoms with Crippen molar-refractivity contribution in [2.45, 2.75) is 44.8 Å². The van der Waals surface area contributed by atoms with E-state index in [9.17, 15) is 23.2 Å². The van der Waals surface area contributed by atoms with Crippen molar-refractivity contribution in [2.75, 3.05) is 37.7 Å². The molecule has 0 fully saturated rings. The Labute approximate surface area is 238 Å². The number of esters is 1. The largest absolute Gasteiger partial charge is 0.484 e. The summed E-state index contributed by atoms with van der Waals surface area (Å²) in [5, 5.41) is 13.3. The molecule has 3 aromatic carbocycles. The standard InChI is InChI=1S/C32H34F3N3O3/c1-23(37-14-12-25-8-5-6-11-29(25)41-22-32(33,34)35)18-24-19-27-13-16-38(30(27)28(20-24)21-36)15-7-17-40-31(39)26-9-3-2-4-10-26/h2-6,8-11,19-20,23,37H,7,12-18,22H2,1H3/t23-/m1/s1. The number of halogens is 3. The highest BCUT2D eigenvalue weighted by Crippen LogP contribution is 2.33. The van der Waals surface area contributed by atoms with Crippen LogP contribution in [0.1, 0.15) is 46.0 Å². The van der Waals surface area contributed by atoms with Gasteiger partial charge < -0.3 is 19.7 Å². The van der Waals surface area contributed by atoms with Gasteiger partial charge in [0.2, 0.25) is 0 Å². The number of rotatable bonds is 13. The first-order valence-corrected chi connectivity index (χ1v) is 13.8. The molecule has 0 saturated heterocycles. The van der Waals surface area contributed by atoms with Gasteiger partial charge in [-0.25, -0.2) is 4.79 Å². The summed E-state index contributed by atoms with van der Waals surface area (Å²) in [5.74, 6) is -0.0908. The smallest absolute Gasteiger partial charge is 0.422 e. The van der Waals surface area contributed by atoms with Crippen molar-refractivity contribution < 1.29 is 27.4 Å². The van der Waals surface area contributed by atoms with E-state index >= 15 is 0 Å². The third kappa shape index (κ3) is 8.73. The average molecular weight is 566 g/mol. The molecule has 216 valence electrons. The molecule has 1 aliphatic rings. The Balaban J connectivity index is 1.27. The van der Waals surface area contributed by atoms with Crippen molar-refractivity contribution in [1.82, 2.24) is 5.32 Å². The van der Waals surface area contributed by atoms with E-state index in [0.29, 0.717) is 50.1 Å². The van der Waals surface area contributed by atoms with Crippen LogP contribution < -0.4 is 15.0 Å². The highest BCUT2D eigenvalue weighted by Gasteiger charge is 2.29. The van der Waals surface area contributed by atoms with Crippen molar-refractivity contribution in [3.05, 3.63) is 94.5 Å². The number of nitriles is 1. The second kappa shape index (κ2) is 14.0. The molecule has 0 saturated carbocycles. The molecule has 0 amide bonds. The third-order valence-electron chi connectivity index (χ3n) is 6.94. The second-order valence-electron chi connectivity index (χ2n) is 10.2. The molecule has 0 bridgehead atoms. The van der Waals surface area contributed by atoms with Crippen LogP contribution >= 0.6 is 0 Å². The first-order valence-electron chi connectivity index (χ1n) is 13.8. The van der Waals surface area contributed by atoms with Crippen molar-refractivity contribution in [2.24, 2.45) is 0 Å². The molecule has 4 rings (SSSR count). The number of nitrogens with zero attached hydrogens (tertiary/aromatic N) is 2. The number of fused-ring (bicyclic) bond motifs is 1. The molecular weight excluding hydrogens is 531 g/mol. The molecule has 0 radical (unpaired) electrons. The van der Waals surface area contributed by atoms with Crippen LogP contribution in [0.5, 0.6) is 5.75 Å². The van der Waals surface area contributed by atoms with Gasteiger partial charge in [0.25, 0.3) is 0 Å². The van der Waals surface area contributed by atoms with Crippen molar-refractivity contribution in [3.8, 4) is 11.8 Å². The number of para-hydroxylation sites is 1. The summed E-state index contributed by atoms with van der Waals surface area (Å²) < 4.78 is 48.1. The van der Waals surface area contributed by atoms with Gasteiger partial charge in [0, 0.05) is 19.1 Å². The Bertz CT molecular complexity index is 1360. The minimum Gasteiger partial charge on any atom is -0.484 e. The summed E-state index contributed by atoms with van der Waals surface area (Å²) in [6, 6.07) is 22.2. The number of carbonyl (C=O) groups is 1. The van der Waals surface area contributed by atoms with Crippen LogP contribution in [-0.4, -0.2) is 51.0 Å². The molecule has 0 aliphatic carbocycles. The highest BCUT2D eigenvalue weighted by atomic mass is 19.4. The molecule has 0 aromatic heterocycles. The van der Waals surface area contributed by atoms with Gasteiger partial charge in [-0.15, -0.1) is 0 Å². The molecule has 1 aliphatic heterocycles. The second-order valence-corrected chi connectivity index (χ2v) is 10.2. The van der Waals surface area contributed by atoms with Crippen LogP contribution in [-0.2, 0) is 24.0 Å². The molecule has 1 atom stereocenters. The quantitative estimate of drug-likeness (QED) is 0.206. The van der Waals surface area contributed by atoms with Crippen LogP contribution in [0.15, 0.2) is 66.7 Å². The van der Waals surface area contributed by atoms with Gasteiger partial charge in [0.1, 0.15) is 11.8 Å². The number of hydrogen-bond acceptors (Lipinski definition) is 6. The predicted molar refractivity (Wildman–Crippen MR) is 151 cm³/mol. The lowest BCUT2D eigenvalue weighted by Crippen LogP contribution is -2.30. The Kier molecular flexibility index (Phi) is 10.3. The monoisotopic (exact) mass is 565 g/mol. The molecule has 41 heavy (non-hydrogen) atoms. The van der Waals surface area contributed by atoms with E-state index in [4.69, 9.17) is 9.47 Å². The van der Waals surface area contributed by atoms with Gasteiger partial charge >= 0.3 is 12.1 Å². The Morgan fingerprint density at radius 1 is 1.12 bits per heavy atom. The fourth-order valence-corrected chi connectivity index (χ4v) is 5.09. The number of alkyl halides is 3. The predicted octanol–water partition coefficient (Wildman–Crippen LogP) is 5.87. The maximum absolute atomic E-state index is 12.6. The number of anilines is 1.